The van der Waals surface area contributed by atoms with E-state index in [1.165, 1.54) is 24.1 Å². The second kappa shape index (κ2) is 9.05. The molecule has 0 aliphatic carbocycles. The monoisotopic (exact) mass is 414 g/mol. The molecular weight excluding hydrogens is 391 g/mol. The Morgan fingerprint density at radius 1 is 1.17 bits per heavy atom. The molecule has 29 heavy (non-hydrogen) atoms. The number of nitrogens with two attached hydrogens (primary N) is 1. The minimum absolute atomic E-state index is 0.172. The van der Waals surface area contributed by atoms with Crippen molar-refractivity contribution in [3.63, 3.8) is 0 Å². The highest BCUT2D eigenvalue weighted by molar-refractivity contribution is 7.09. The Balaban J connectivity index is 2.11. The summed E-state index contributed by atoms with van der Waals surface area (Å²) in [5.41, 5.74) is 9.04. The number of thiophene rings is 1. The lowest BCUT2D eigenvalue weighted by Crippen LogP contribution is -2.13. The van der Waals surface area contributed by atoms with Crippen LogP contribution in [0.25, 0.3) is 11.1 Å². The Morgan fingerprint density at radius 3 is 2.48 bits per heavy atom. The highest BCUT2D eigenvalue weighted by atomic mass is 32.1. The van der Waals surface area contributed by atoms with Crippen molar-refractivity contribution in [3.8, 4) is 11.1 Å². The standard InChI is InChI=1S/C22H23FN2O3S/c1-14-20(22(24)27)21(15-5-7-16(23)8-6-15)18(9-10-19(26)28-2)25(14)12-11-17-4-3-13-29-17/h3-8,13H,9-12H2,1-2H3,(H2,24,27). The van der Waals surface area contributed by atoms with Crippen molar-refractivity contribution in [2.75, 3.05) is 7.11 Å². The van der Waals surface area contributed by atoms with Crippen molar-refractivity contribution >= 4 is 23.2 Å². The van der Waals surface area contributed by atoms with Crippen molar-refractivity contribution in [1.29, 1.82) is 0 Å². The third-order valence-corrected chi connectivity index (χ3v) is 5.90. The topological polar surface area (TPSA) is 74.3 Å². The Bertz CT molecular complexity index is 1010. The number of carbonyl (C=O) groups excluding carboxylic acids is 2. The SMILES string of the molecule is COC(=O)CCc1c(-c2ccc(F)cc2)c(C(N)=O)c(C)n1CCc1cccs1. The zero-order valence-corrected chi connectivity index (χ0v) is 17.2. The van der Waals surface area contributed by atoms with E-state index >= 15 is 0 Å². The summed E-state index contributed by atoms with van der Waals surface area (Å²) in [5.74, 6) is -1.24. The van der Waals surface area contributed by atoms with Gasteiger partial charge in [0.1, 0.15) is 5.82 Å². The molecule has 0 unspecified atom stereocenters. The van der Waals surface area contributed by atoms with Crippen molar-refractivity contribution in [1.82, 2.24) is 4.57 Å². The van der Waals surface area contributed by atoms with Gasteiger partial charge in [0.05, 0.1) is 19.1 Å². The molecule has 3 aromatic rings. The van der Waals surface area contributed by atoms with E-state index in [1.54, 1.807) is 23.5 Å². The summed E-state index contributed by atoms with van der Waals surface area (Å²) < 4.78 is 20.3. The summed E-state index contributed by atoms with van der Waals surface area (Å²) in [6, 6.07) is 10.0. The minimum Gasteiger partial charge on any atom is -0.469 e. The number of methoxy groups -OCH3 is 1. The average Bonchev–Trinajstić information content (AvgIpc) is 3.31. The van der Waals surface area contributed by atoms with Crippen LogP contribution < -0.4 is 5.73 Å². The molecule has 2 heterocycles. The molecule has 3 rings (SSSR count). The lowest BCUT2D eigenvalue weighted by Gasteiger charge is -2.13. The second-order valence-corrected chi connectivity index (χ2v) is 7.74. The van der Waals surface area contributed by atoms with Crippen LogP contribution in [-0.2, 0) is 28.9 Å². The van der Waals surface area contributed by atoms with Crippen LogP contribution >= 0.6 is 11.3 Å². The number of hydrogen-bond donors (Lipinski definition) is 1. The second-order valence-electron chi connectivity index (χ2n) is 6.71. The first-order valence-corrected chi connectivity index (χ1v) is 10.2. The van der Waals surface area contributed by atoms with Crippen LogP contribution in [0.3, 0.4) is 0 Å². The number of hydrogen-bond acceptors (Lipinski definition) is 4. The van der Waals surface area contributed by atoms with E-state index in [9.17, 15) is 14.0 Å². The first-order valence-electron chi connectivity index (χ1n) is 9.29. The number of aryl methyl sites for hydroxylation is 1. The molecule has 0 saturated heterocycles. The van der Waals surface area contributed by atoms with E-state index in [2.05, 4.69) is 6.07 Å². The molecule has 5 nitrogen and oxygen atoms in total. The Morgan fingerprint density at radius 2 is 1.90 bits per heavy atom. The van der Waals surface area contributed by atoms with Gasteiger partial charge in [0.25, 0.3) is 5.91 Å². The van der Waals surface area contributed by atoms with Crippen LogP contribution in [0, 0.1) is 12.7 Å². The van der Waals surface area contributed by atoms with Gasteiger partial charge in [-0.1, -0.05) is 18.2 Å². The molecule has 2 N–H and O–H groups in total. The van der Waals surface area contributed by atoms with Gasteiger partial charge in [-0.2, -0.15) is 0 Å². The number of ether oxygens (including phenoxy) is 1. The predicted octanol–water partition coefficient (Wildman–Crippen LogP) is 4.11. The fourth-order valence-corrected chi connectivity index (χ4v) is 4.29. The summed E-state index contributed by atoms with van der Waals surface area (Å²) >= 11 is 1.67. The molecule has 0 atom stereocenters. The van der Waals surface area contributed by atoms with Crippen LogP contribution in [0.5, 0.6) is 0 Å². The quantitative estimate of drug-likeness (QED) is 0.564. The van der Waals surface area contributed by atoms with Crippen molar-refractivity contribution in [3.05, 3.63) is 69.4 Å². The van der Waals surface area contributed by atoms with Gasteiger partial charge < -0.3 is 15.0 Å². The normalized spacial score (nSPS) is 10.9. The largest absolute Gasteiger partial charge is 0.469 e. The number of nitrogens with zero attached hydrogens (tertiary/aromatic N) is 1. The smallest absolute Gasteiger partial charge is 0.305 e. The zero-order valence-electron chi connectivity index (χ0n) is 16.4. The van der Waals surface area contributed by atoms with E-state index in [0.717, 1.165) is 17.8 Å². The predicted molar refractivity (Wildman–Crippen MR) is 111 cm³/mol. The van der Waals surface area contributed by atoms with Gasteiger partial charge in [0.2, 0.25) is 0 Å². The number of aromatic nitrogens is 1. The van der Waals surface area contributed by atoms with Crippen molar-refractivity contribution in [2.45, 2.75) is 32.7 Å². The summed E-state index contributed by atoms with van der Waals surface area (Å²) in [6.07, 6.45) is 1.35. The number of carbonyl (C=O) groups is 2. The highest BCUT2D eigenvalue weighted by Gasteiger charge is 2.25. The molecule has 0 saturated carbocycles. The number of rotatable bonds is 8. The summed E-state index contributed by atoms with van der Waals surface area (Å²) in [7, 11) is 1.35. The third kappa shape index (κ3) is 4.56. The maximum absolute atomic E-state index is 13.5. The van der Waals surface area contributed by atoms with E-state index in [4.69, 9.17) is 10.5 Å². The van der Waals surface area contributed by atoms with E-state index in [1.807, 2.05) is 22.9 Å². The van der Waals surface area contributed by atoms with Gasteiger partial charge in [0, 0.05) is 28.4 Å². The summed E-state index contributed by atoms with van der Waals surface area (Å²) in [5, 5.41) is 2.02. The van der Waals surface area contributed by atoms with Crippen LogP contribution in [0.2, 0.25) is 0 Å². The first-order chi connectivity index (χ1) is 13.9. The molecule has 0 spiro atoms. The Hall–Kier alpha value is -2.93. The van der Waals surface area contributed by atoms with Crippen LogP contribution in [0.15, 0.2) is 41.8 Å². The fourth-order valence-electron chi connectivity index (χ4n) is 3.59. The number of esters is 1. The van der Waals surface area contributed by atoms with Gasteiger partial charge in [-0.25, -0.2) is 4.39 Å². The van der Waals surface area contributed by atoms with Crippen LogP contribution in [-0.4, -0.2) is 23.6 Å². The maximum Gasteiger partial charge on any atom is 0.305 e. The van der Waals surface area contributed by atoms with Gasteiger partial charge in [-0.15, -0.1) is 11.3 Å². The molecule has 0 radical (unpaired) electrons. The molecular formula is C22H23FN2O3S. The molecule has 0 fully saturated rings. The third-order valence-electron chi connectivity index (χ3n) is 4.97. The zero-order chi connectivity index (χ0) is 21.0. The van der Waals surface area contributed by atoms with Crippen molar-refractivity contribution < 1.29 is 18.7 Å². The molecule has 1 aromatic carbocycles. The fraction of sp³-hybridized carbons (Fsp3) is 0.273. The van der Waals surface area contributed by atoms with Gasteiger partial charge >= 0.3 is 5.97 Å². The molecule has 7 heteroatoms. The number of amides is 1. The molecule has 1 amide bonds. The van der Waals surface area contributed by atoms with E-state index < -0.39 is 5.91 Å². The summed E-state index contributed by atoms with van der Waals surface area (Å²) in [6.45, 7) is 2.49. The molecule has 0 bridgehead atoms. The Kier molecular flexibility index (Phi) is 6.49. The maximum atomic E-state index is 13.5. The lowest BCUT2D eigenvalue weighted by molar-refractivity contribution is -0.140. The number of benzene rings is 1. The molecule has 0 aliphatic heterocycles. The van der Waals surface area contributed by atoms with Gasteiger partial charge in [0.15, 0.2) is 0 Å². The van der Waals surface area contributed by atoms with Crippen molar-refractivity contribution in [2.24, 2.45) is 5.73 Å². The number of halogens is 1. The average molecular weight is 415 g/mol. The Labute approximate surface area is 172 Å². The molecule has 152 valence electrons. The molecule has 0 aliphatic rings. The van der Waals surface area contributed by atoms with Crippen LogP contribution in [0.4, 0.5) is 4.39 Å². The van der Waals surface area contributed by atoms with Gasteiger partial charge in [-0.3, -0.25) is 9.59 Å². The lowest BCUT2D eigenvalue weighted by atomic mass is 9.98. The van der Waals surface area contributed by atoms with E-state index in [-0.39, 0.29) is 18.2 Å². The van der Waals surface area contributed by atoms with Crippen LogP contribution in [0.1, 0.15) is 33.0 Å². The van der Waals surface area contributed by atoms with E-state index in [0.29, 0.717) is 29.7 Å². The number of primary amides is 1. The first kappa shape index (κ1) is 20.8. The van der Waals surface area contributed by atoms with Gasteiger partial charge in [-0.05, 0) is 48.9 Å². The minimum atomic E-state index is -0.545. The summed E-state index contributed by atoms with van der Waals surface area (Å²) in [4.78, 5) is 25.3. The highest BCUT2D eigenvalue weighted by Crippen LogP contribution is 2.34. The molecule has 2 aromatic heterocycles.